The van der Waals surface area contributed by atoms with Crippen molar-refractivity contribution in [2.75, 3.05) is 0 Å². The van der Waals surface area contributed by atoms with Crippen molar-refractivity contribution in [3.8, 4) is 0 Å². The van der Waals surface area contributed by atoms with Gasteiger partial charge in [-0.05, 0) is 12.0 Å². The van der Waals surface area contributed by atoms with Crippen LogP contribution in [-0.2, 0) is 0 Å². The minimum atomic E-state index is -2.37. The minimum absolute atomic E-state index is 0.629. The van der Waals surface area contributed by atoms with Crippen LogP contribution in [0.3, 0.4) is 0 Å². The summed E-state index contributed by atoms with van der Waals surface area (Å²) in [6, 6.07) is -1.55. The van der Waals surface area contributed by atoms with Crippen LogP contribution in [-0.4, -0.2) is 6.00 Å². The Balaban J connectivity index is 3.67. The van der Waals surface area contributed by atoms with Gasteiger partial charge in [-0.2, -0.15) is 0 Å². The molecule has 74 valence electrons. The van der Waals surface area contributed by atoms with E-state index in [4.69, 9.17) is 33.2 Å². The summed E-state index contributed by atoms with van der Waals surface area (Å²) < 4.78 is 0. The van der Waals surface area contributed by atoms with Gasteiger partial charge in [-0.3, -0.25) is 0 Å². The molecule has 1 atom stereocenters. The molecule has 12 heavy (non-hydrogen) atoms. The maximum absolute atomic E-state index is 5.86. The average molecular weight is 248 g/mol. The molecule has 0 aromatic rings. The number of hydrogen-bond donors (Lipinski definition) is 0. The van der Waals surface area contributed by atoms with Crippen LogP contribution in [0, 0.1) is 5.92 Å². The number of hydrogen-bond acceptors (Lipinski definition) is 0. The SMILES string of the molecule is CCCC[C@H](CC)C[Si](Cl)(Cl)Cl. The van der Waals surface area contributed by atoms with Gasteiger partial charge in [0.1, 0.15) is 0 Å². The van der Waals surface area contributed by atoms with Crippen LogP contribution in [0.4, 0.5) is 0 Å². The first-order chi connectivity index (χ1) is 5.49. The summed E-state index contributed by atoms with van der Waals surface area (Å²) in [6.45, 7) is 4.37. The largest absolute Gasteiger partial charge is 0.341 e. The van der Waals surface area contributed by atoms with Gasteiger partial charge in [-0.25, -0.2) is 0 Å². The van der Waals surface area contributed by atoms with Crippen molar-refractivity contribution >= 4 is 39.2 Å². The van der Waals surface area contributed by atoms with E-state index < -0.39 is 6.00 Å². The Labute approximate surface area is 90.7 Å². The highest BCUT2D eigenvalue weighted by Crippen LogP contribution is 2.32. The summed E-state index contributed by atoms with van der Waals surface area (Å²) >= 11 is 17.6. The van der Waals surface area contributed by atoms with Gasteiger partial charge < -0.3 is 0 Å². The molecule has 0 unspecified atom stereocenters. The first kappa shape index (κ1) is 13.1. The van der Waals surface area contributed by atoms with E-state index in [2.05, 4.69) is 13.8 Å². The monoisotopic (exact) mass is 246 g/mol. The Kier molecular flexibility index (Phi) is 7.12. The molecule has 0 aromatic heterocycles. The molecule has 0 radical (unpaired) electrons. The Morgan fingerprint density at radius 1 is 1.17 bits per heavy atom. The van der Waals surface area contributed by atoms with Crippen LogP contribution in [0.5, 0.6) is 0 Å². The second-order valence-corrected chi connectivity index (χ2v) is 12.4. The molecule has 0 amide bonds. The Morgan fingerprint density at radius 2 is 1.75 bits per heavy atom. The lowest BCUT2D eigenvalue weighted by atomic mass is 10.0. The van der Waals surface area contributed by atoms with Crippen LogP contribution in [0.25, 0.3) is 0 Å². The summed E-state index contributed by atoms with van der Waals surface area (Å²) in [5.74, 6) is 0.629. The highest BCUT2D eigenvalue weighted by atomic mass is 35.8. The first-order valence-electron chi connectivity index (χ1n) is 4.56. The third kappa shape index (κ3) is 7.72. The van der Waals surface area contributed by atoms with Crippen molar-refractivity contribution < 1.29 is 0 Å². The van der Waals surface area contributed by atoms with Crippen LogP contribution >= 0.6 is 33.2 Å². The highest BCUT2D eigenvalue weighted by molar-refractivity contribution is 7.64. The predicted octanol–water partition coefficient (Wildman–Crippen LogP) is 4.86. The van der Waals surface area contributed by atoms with Crippen LogP contribution in [0.15, 0.2) is 0 Å². The van der Waals surface area contributed by atoms with Gasteiger partial charge in [0.2, 0.25) is 0 Å². The van der Waals surface area contributed by atoms with Crippen molar-refractivity contribution in [1.29, 1.82) is 0 Å². The molecule has 0 aliphatic carbocycles. The van der Waals surface area contributed by atoms with E-state index in [1.807, 2.05) is 0 Å². The zero-order chi connectivity index (χ0) is 9.61. The molecule has 4 heteroatoms. The fraction of sp³-hybridized carbons (Fsp3) is 1.00. The molecule has 0 spiro atoms. The van der Waals surface area contributed by atoms with Gasteiger partial charge in [0.05, 0.1) is 0 Å². The molecule has 0 bridgehead atoms. The Hall–Kier alpha value is 1.09. The molecular weight excluding hydrogens is 231 g/mol. The molecule has 0 rings (SSSR count). The topological polar surface area (TPSA) is 0 Å². The summed E-state index contributed by atoms with van der Waals surface area (Å²) in [6.07, 6.45) is 4.85. The Bertz CT molecular complexity index is 111. The third-order valence-electron chi connectivity index (χ3n) is 2.06. The number of halogens is 3. The van der Waals surface area contributed by atoms with E-state index in [-0.39, 0.29) is 0 Å². The average Bonchev–Trinajstić information content (AvgIpc) is 1.95. The zero-order valence-corrected chi connectivity index (χ0v) is 11.0. The molecule has 0 fully saturated rings. The predicted molar refractivity (Wildman–Crippen MR) is 61.4 cm³/mol. The molecule has 0 N–H and O–H groups in total. The second-order valence-electron chi connectivity index (χ2n) is 3.24. The van der Waals surface area contributed by atoms with Gasteiger partial charge in [0, 0.05) is 0 Å². The van der Waals surface area contributed by atoms with Crippen molar-refractivity contribution in [2.45, 2.75) is 45.6 Å². The lowest BCUT2D eigenvalue weighted by Gasteiger charge is -2.17. The number of rotatable bonds is 6. The zero-order valence-electron chi connectivity index (χ0n) is 7.75. The molecule has 0 saturated carbocycles. The molecule has 0 heterocycles. The first-order valence-corrected chi connectivity index (χ1v) is 9.80. The van der Waals surface area contributed by atoms with E-state index in [9.17, 15) is 0 Å². The summed E-state index contributed by atoms with van der Waals surface area (Å²) in [7, 11) is 0. The van der Waals surface area contributed by atoms with Crippen LogP contribution in [0.1, 0.15) is 39.5 Å². The summed E-state index contributed by atoms with van der Waals surface area (Å²) in [5, 5.41) is 0. The summed E-state index contributed by atoms with van der Waals surface area (Å²) in [4.78, 5) is 0. The van der Waals surface area contributed by atoms with Crippen molar-refractivity contribution in [3.63, 3.8) is 0 Å². The fourth-order valence-electron chi connectivity index (χ4n) is 1.27. The molecule has 0 aliphatic heterocycles. The molecule has 0 saturated heterocycles. The van der Waals surface area contributed by atoms with Crippen LogP contribution < -0.4 is 0 Å². The van der Waals surface area contributed by atoms with E-state index in [1.54, 1.807) is 0 Å². The molecule has 0 nitrogen and oxygen atoms in total. The van der Waals surface area contributed by atoms with E-state index in [0.717, 1.165) is 12.5 Å². The lowest BCUT2D eigenvalue weighted by Crippen LogP contribution is -2.15. The van der Waals surface area contributed by atoms with Crippen molar-refractivity contribution in [2.24, 2.45) is 5.92 Å². The lowest BCUT2D eigenvalue weighted by molar-refractivity contribution is 0.490. The van der Waals surface area contributed by atoms with Crippen LogP contribution in [0.2, 0.25) is 6.04 Å². The van der Waals surface area contributed by atoms with Crippen molar-refractivity contribution in [1.82, 2.24) is 0 Å². The Morgan fingerprint density at radius 3 is 2.08 bits per heavy atom. The second kappa shape index (κ2) is 6.53. The standard InChI is InChI=1S/C8H17Cl3Si/c1-3-5-6-8(4-2)7-12(9,10)11/h8H,3-7H2,1-2H3/t8-/m0/s1. The quantitative estimate of drug-likeness (QED) is 0.465. The number of unbranched alkanes of at least 4 members (excludes halogenated alkanes) is 1. The van der Waals surface area contributed by atoms with E-state index in [0.29, 0.717) is 5.92 Å². The van der Waals surface area contributed by atoms with Gasteiger partial charge in [0.15, 0.2) is 0 Å². The van der Waals surface area contributed by atoms with Gasteiger partial charge in [-0.1, -0.05) is 39.5 Å². The van der Waals surface area contributed by atoms with Gasteiger partial charge >= 0.3 is 6.00 Å². The van der Waals surface area contributed by atoms with Gasteiger partial charge in [0.25, 0.3) is 0 Å². The van der Waals surface area contributed by atoms with Crippen molar-refractivity contribution in [3.05, 3.63) is 0 Å². The third-order valence-corrected chi connectivity index (χ3v) is 4.49. The van der Waals surface area contributed by atoms with Gasteiger partial charge in [-0.15, -0.1) is 33.2 Å². The normalized spacial score (nSPS) is 14.8. The minimum Gasteiger partial charge on any atom is -0.126 e. The maximum Gasteiger partial charge on any atom is 0.341 e. The molecular formula is C8H17Cl3Si. The summed E-state index contributed by atoms with van der Waals surface area (Å²) in [5.41, 5.74) is 0. The molecule has 0 aliphatic rings. The fourth-order valence-corrected chi connectivity index (χ4v) is 4.38. The smallest absolute Gasteiger partial charge is 0.126 e. The van der Waals surface area contributed by atoms with E-state index >= 15 is 0 Å². The highest BCUT2D eigenvalue weighted by Gasteiger charge is 2.28. The molecule has 0 aromatic carbocycles. The van der Waals surface area contributed by atoms with E-state index in [1.165, 1.54) is 19.3 Å². The maximum atomic E-state index is 5.86.